The second-order valence-electron chi connectivity index (χ2n) is 1.74. The average molecular weight is 255 g/mol. The summed E-state index contributed by atoms with van der Waals surface area (Å²) < 4.78 is 0.422. The van der Waals surface area contributed by atoms with E-state index in [1.165, 1.54) is 6.20 Å². The van der Waals surface area contributed by atoms with Gasteiger partial charge >= 0.3 is 0 Å². The molecular weight excluding hydrogens is 253 g/mol. The molecule has 0 radical (unpaired) electrons. The minimum absolute atomic E-state index is 0.243. The van der Waals surface area contributed by atoms with Crippen LogP contribution in [-0.4, -0.2) is 11.3 Å². The maximum Gasteiger partial charge on any atom is 0.153 e. The predicted molar refractivity (Wildman–Crippen MR) is 47.3 cm³/mol. The first-order valence-corrected chi connectivity index (χ1v) is 4.16. The maximum absolute atomic E-state index is 10.4. The summed E-state index contributed by atoms with van der Waals surface area (Å²) in [5, 5.41) is 0.501. The van der Waals surface area contributed by atoms with Crippen molar-refractivity contribution in [3.63, 3.8) is 0 Å². The molecule has 0 unspecified atom stereocenters. The summed E-state index contributed by atoms with van der Waals surface area (Å²) in [6.07, 6.45) is 1.96. The number of carbonyl (C=O) groups excluding carboxylic acids is 1. The third kappa shape index (κ3) is 1.72. The highest BCUT2D eigenvalue weighted by atomic mass is 79.9. The van der Waals surface area contributed by atoms with E-state index < -0.39 is 0 Å². The summed E-state index contributed by atoms with van der Waals surface area (Å²) in [6, 6.07) is 0. The molecule has 0 aromatic carbocycles. The van der Waals surface area contributed by atoms with Gasteiger partial charge in [-0.05, 0) is 15.9 Å². The zero-order chi connectivity index (χ0) is 8.43. The number of carbonyl (C=O) groups is 1. The van der Waals surface area contributed by atoms with Gasteiger partial charge in [0.05, 0.1) is 15.6 Å². The van der Waals surface area contributed by atoms with Crippen molar-refractivity contribution < 1.29 is 4.79 Å². The van der Waals surface area contributed by atoms with Crippen LogP contribution in [0.25, 0.3) is 0 Å². The third-order valence-electron chi connectivity index (χ3n) is 1.08. The Balaban J connectivity index is 3.40. The molecule has 5 heteroatoms. The molecule has 0 aliphatic rings. The number of rotatable bonds is 1. The summed E-state index contributed by atoms with van der Waals surface area (Å²) in [5.74, 6) is 0. The van der Waals surface area contributed by atoms with Gasteiger partial charge in [-0.1, -0.05) is 23.2 Å². The topological polar surface area (TPSA) is 30.0 Å². The smallest absolute Gasteiger partial charge is 0.153 e. The van der Waals surface area contributed by atoms with Gasteiger partial charge < -0.3 is 0 Å². The lowest BCUT2D eigenvalue weighted by Crippen LogP contribution is -1.87. The average Bonchev–Trinajstić information content (AvgIpc) is 1.99. The molecule has 0 N–H and O–H groups in total. The molecule has 0 aliphatic heterocycles. The second kappa shape index (κ2) is 3.52. The highest BCUT2D eigenvalue weighted by molar-refractivity contribution is 9.10. The summed E-state index contributed by atoms with van der Waals surface area (Å²) in [7, 11) is 0. The van der Waals surface area contributed by atoms with Crippen LogP contribution in [-0.2, 0) is 0 Å². The van der Waals surface area contributed by atoms with Crippen molar-refractivity contribution in [2.45, 2.75) is 0 Å². The molecule has 58 valence electrons. The Hall–Kier alpha value is -0.120. The minimum atomic E-state index is 0.243. The molecule has 1 heterocycles. The molecule has 11 heavy (non-hydrogen) atoms. The van der Waals surface area contributed by atoms with Gasteiger partial charge in [0.2, 0.25) is 0 Å². The lowest BCUT2D eigenvalue weighted by atomic mass is 10.3. The molecular formula is C6H2BrCl2NO. The second-order valence-corrected chi connectivity index (χ2v) is 3.28. The lowest BCUT2D eigenvalue weighted by Gasteiger charge is -1.99. The number of hydrogen-bond donors (Lipinski definition) is 0. The van der Waals surface area contributed by atoms with Crippen LogP contribution in [0.15, 0.2) is 10.8 Å². The van der Waals surface area contributed by atoms with Crippen molar-refractivity contribution in [3.8, 4) is 0 Å². The SMILES string of the molecule is O=Cc1c(Cl)cnc(Br)c1Cl. The highest BCUT2D eigenvalue weighted by Gasteiger charge is 2.08. The zero-order valence-electron chi connectivity index (χ0n) is 5.14. The van der Waals surface area contributed by atoms with Crippen LogP contribution in [0.5, 0.6) is 0 Å². The molecule has 0 fully saturated rings. The first-order valence-electron chi connectivity index (χ1n) is 2.61. The van der Waals surface area contributed by atoms with E-state index >= 15 is 0 Å². The standard InChI is InChI=1S/C6H2BrCl2NO/c7-6-5(9)3(2-11)4(8)1-10-6/h1-2H. The quantitative estimate of drug-likeness (QED) is 0.570. The van der Waals surface area contributed by atoms with E-state index in [-0.39, 0.29) is 15.6 Å². The van der Waals surface area contributed by atoms with Gasteiger partial charge in [-0.3, -0.25) is 4.79 Å². The molecule has 0 saturated carbocycles. The number of hydrogen-bond acceptors (Lipinski definition) is 2. The van der Waals surface area contributed by atoms with Gasteiger partial charge in [-0.2, -0.15) is 0 Å². The summed E-state index contributed by atoms with van der Waals surface area (Å²) in [6.45, 7) is 0. The van der Waals surface area contributed by atoms with Crippen LogP contribution in [0.1, 0.15) is 10.4 Å². The van der Waals surface area contributed by atoms with Gasteiger partial charge in [0.1, 0.15) is 4.60 Å². The van der Waals surface area contributed by atoms with E-state index in [1.807, 2.05) is 0 Å². The number of aromatic nitrogens is 1. The number of nitrogens with zero attached hydrogens (tertiary/aromatic N) is 1. The molecule has 1 aromatic heterocycles. The molecule has 0 saturated heterocycles. The molecule has 2 nitrogen and oxygen atoms in total. The van der Waals surface area contributed by atoms with Crippen LogP contribution in [0.3, 0.4) is 0 Å². The Bertz CT molecular complexity index is 303. The van der Waals surface area contributed by atoms with Crippen LogP contribution in [0, 0.1) is 0 Å². The van der Waals surface area contributed by atoms with Crippen LogP contribution in [0.2, 0.25) is 10.0 Å². The Labute approximate surface area is 81.7 Å². The molecule has 1 rings (SSSR count). The fourth-order valence-electron chi connectivity index (χ4n) is 0.564. The minimum Gasteiger partial charge on any atom is -0.298 e. The van der Waals surface area contributed by atoms with Gasteiger partial charge in [0.15, 0.2) is 6.29 Å². The van der Waals surface area contributed by atoms with Gasteiger partial charge in [0.25, 0.3) is 0 Å². The third-order valence-corrected chi connectivity index (χ3v) is 2.60. The van der Waals surface area contributed by atoms with Crippen molar-refractivity contribution in [2.75, 3.05) is 0 Å². The van der Waals surface area contributed by atoms with Gasteiger partial charge in [0, 0.05) is 6.20 Å². The number of halogens is 3. The number of pyridine rings is 1. The summed E-state index contributed by atoms with van der Waals surface area (Å²) in [4.78, 5) is 14.2. The Morgan fingerprint density at radius 1 is 1.55 bits per heavy atom. The van der Waals surface area contributed by atoms with Crippen molar-refractivity contribution in [1.82, 2.24) is 4.98 Å². The Morgan fingerprint density at radius 3 is 2.64 bits per heavy atom. The Morgan fingerprint density at radius 2 is 2.18 bits per heavy atom. The summed E-state index contributed by atoms with van der Waals surface area (Å²) in [5.41, 5.74) is 0.259. The van der Waals surface area contributed by atoms with Crippen molar-refractivity contribution in [3.05, 3.63) is 26.4 Å². The van der Waals surface area contributed by atoms with Crippen LogP contribution < -0.4 is 0 Å². The van der Waals surface area contributed by atoms with Crippen molar-refractivity contribution in [2.24, 2.45) is 0 Å². The van der Waals surface area contributed by atoms with Gasteiger partial charge in [-0.25, -0.2) is 4.98 Å². The van der Waals surface area contributed by atoms with Crippen molar-refractivity contribution >= 4 is 45.4 Å². The molecule has 1 aromatic rings. The van der Waals surface area contributed by atoms with E-state index in [1.54, 1.807) is 0 Å². The molecule has 0 amide bonds. The number of aldehydes is 1. The van der Waals surface area contributed by atoms with Crippen LogP contribution in [0.4, 0.5) is 0 Å². The van der Waals surface area contributed by atoms with E-state index in [4.69, 9.17) is 23.2 Å². The highest BCUT2D eigenvalue weighted by Crippen LogP contribution is 2.27. The lowest BCUT2D eigenvalue weighted by molar-refractivity contribution is 0.112. The Kier molecular flexibility index (Phi) is 2.87. The van der Waals surface area contributed by atoms with E-state index in [0.29, 0.717) is 10.9 Å². The fourth-order valence-corrected chi connectivity index (χ4v) is 1.31. The van der Waals surface area contributed by atoms with E-state index in [2.05, 4.69) is 20.9 Å². The molecule has 0 spiro atoms. The van der Waals surface area contributed by atoms with E-state index in [0.717, 1.165) is 0 Å². The van der Waals surface area contributed by atoms with Crippen molar-refractivity contribution in [1.29, 1.82) is 0 Å². The molecule has 0 atom stereocenters. The zero-order valence-corrected chi connectivity index (χ0v) is 8.24. The van der Waals surface area contributed by atoms with Gasteiger partial charge in [-0.15, -0.1) is 0 Å². The predicted octanol–water partition coefficient (Wildman–Crippen LogP) is 2.96. The maximum atomic E-state index is 10.4. The fraction of sp³-hybridized carbons (Fsp3) is 0. The normalized spacial score (nSPS) is 9.73. The van der Waals surface area contributed by atoms with Crippen LogP contribution >= 0.6 is 39.1 Å². The monoisotopic (exact) mass is 253 g/mol. The molecule has 0 bridgehead atoms. The summed E-state index contributed by atoms with van der Waals surface area (Å²) >= 11 is 14.3. The largest absolute Gasteiger partial charge is 0.298 e. The first-order chi connectivity index (χ1) is 5.16. The first kappa shape index (κ1) is 8.97. The molecule has 0 aliphatic carbocycles. The van der Waals surface area contributed by atoms with E-state index in [9.17, 15) is 4.79 Å².